The average molecular weight is 228 g/mol. The second-order valence-corrected chi connectivity index (χ2v) is 6.83. The number of aliphatic hydroxyl groups is 1. The van der Waals surface area contributed by atoms with E-state index in [4.69, 9.17) is 0 Å². The van der Waals surface area contributed by atoms with E-state index in [1.54, 1.807) is 0 Å². The lowest BCUT2D eigenvalue weighted by Gasteiger charge is -2.50. The van der Waals surface area contributed by atoms with Crippen molar-refractivity contribution in [2.45, 2.75) is 65.2 Å². The van der Waals surface area contributed by atoms with Crippen molar-refractivity contribution in [3.05, 3.63) is 0 Å². The minimum absolute atomic E-state index is 0.127. The van der Waals surface area contributed by atoms with Crippen molar-refractivity contribution >= 4 is 0 Å². The molecule has 16 heavy (non-hydrogen) atoms. The molecule has 0 heterocycles. The first kappa shape index (κ1) is 12.3. The van der Waals surface area contributed by atoms with E-state index in [0.29, 0.717) is 18.3 Å². The Kier molecular flexibility index (Phi) is 3.31. The van der Waals surface area contributed by atoms with Crippen molar-refractivity contribution < 1.29 is 9.50 Å². The predicted octanol–water partition coefficient (Wildman–Crippen LogP) is 3.56. The van der Waals surface area contributed by atoms with Crippen LogP contribution in [0.1, 0.15) is 52.9 Å². The highest BCUT2D eigenvalue weighted by Crippen LogP contribution is 2.50. The second-order valence-electron chi connectivity index (χ2n) is 6.83. The Morgan fingerprint density at radius 1 is 1.06 bits per heavy atom. The first-order valence-corrected chi connectivity index (χ1v) is 6.73. The van der Waals surface area contributed by atoms with E-state index in [2.05, 4.69) is 20.8 Å². The molecule has 5 atom stereocenters. The monoisotopic (exact) mass is 228 g/mol. The highest BCUT2D eigenvalue weighted by molar-refractivity contribution is 4.97. The SMILES string of the molecule is CC(C)(C)C1CC(O)C(F)C2CCCCC21. The molecule has 0 aromatic carbocycles. The van der Waals surface area contributed by atoms with E-state index < -0.39 is 12.3 Å². The fourth-order valence-electron chi connectivity index (χ4n) is 3.93. The molecule has 2 aliphatic rings. The third-order valence-electron chi connectivity index (χ3n) is 4.78. The number of rotatable bonds is 0. The molecule has 0 bridgehead atoms. The van der Waals surface area contributed by atoms with Crippen LogP contribution in [0.25, 0.3) is 0 Å². The van der Waals surface area contributed by atoms with Gasteiger partial charge in [-0.25, -0.2) is 4.39 Å². The summed E-state index contributed by atoms with van der Waals surface area (Å²) in [6.07, 6.45) is 3.51. The molecule has 0 saturated heterocycles. The average Bonchev–Trinajstić information content (AvgIpc) is 2.22. The molecule has 0 spiro atoms. The quantitative estimate of drug-likeness (QED) is 0.672. The summed E-state index contributed by atoms with van der Waals surface area (Å²) >= 11 is 0. The van der Waals surface area contributed by atoms with Crippen LogP contribution in [0.5, 0.6) is 0 Å². The van der Waals surface area contributed by atoms with Gasteiger partial charge in [-0.15, -0.1) is 0 Å². The molecule has 1 N–H and O–H groups in total. The predicted molar refractivity (Wildman–Crippen MR) is 63.9 cm³/mol. The van der Waals surface area contributed by atoms with Crippen LogP contribution >= 0.6 is 0 Å². The van der Waals surface area contributed by atoms with Crippen molar-refractivity contribution in [3.8, 4) is 0 Å². The minimum Gasteiger partial charge on any atom is -0.390 e. The summed E-state index contributed by atoms with van der Waals surface area (Å²) in [5, 5.41) is 9.88. The summed E-state index contributed by atoms with van der Waals surface area (Å²) in [5.74, 6) is 1.12. The lowest BCUT2D eigenvalue weighted by molar-refractivity contribution is -0.0902. The van der Waals surface area contributed by atoms with Gasteiger partial charge in [-0.05, 0) is 42.4 Å². The molecule has 2 aliphatic carbocycles. The molecule has 2 saturated carbocycles. The zero-order valence-corrected chi connectivity index (χ0v) is 10.7. The van der Waals surface area contributed by atoms with Gasteiger partial charge in [0.1, 0.15) is 6.17 Å². The molecule has 2 fully saturated rings. The molecule has 0 aromatic heterocycles. The van der Waals surface area contributed by atoms with Crippen LogP contribution in [-0.2, 0) is 0 Å². The van der Waals surface area contributed by atoms with Crippen molar-refractivity contribution in [2.24, 2.45) is 23.2 Å². The van der Waals surface area contributed by atoms with Crippen molar-refractivity contribution in [1.82, 2.24) is 0 Å². The smallest absolute Gasteiger partial charge is 0.129 e. The summed E-state index contributed by atoms with van der Waals surface area (Å²) in [6, 6.07) is 0. The van der Waals surface area contributed by atoms with E-state index in [-0.39, 0.29) is 11.3 Å². The van der Waals surface area contributed by atoms with Gasteiger partial charge in [-0.1, -0.05) is 33.6 Å². The highest BCUT2D eigenvalue weighted by atomic mass is 19.1. The Bertz CT molecular complexity index is 246. The Morgan fingerprint density at radius 2 is 1.62 bits per heavy atom. The van der Waals surface area contributed by atoms with Crippen LogP contribution in [0.3, 0.4) is 0 Å². The van der Waals surface area contributed by atoms with Crippen LogP contribution in [0.2, 0.25) is 0 Å². The van der Waals surface area contributed by atoms with Gasteiger partial charge in [0, 0.05) is 0 Å². The lowest BCUT2D eigenvalue weighted by atomic mass is 9.57. The lowest BCUT2D eigenvalue weighted by Crippen LogP contribution is -2.49. The van der Waals surface area contributed by atoms with E-state index in [9.17, 15) is 9.50 Å². The van der Waals surface area contributed by atoms with Gasteiger partial charge in [-0.3, -0.25) is 0 Å². The Morgan fingerprint density at radius 3 is 2.19 bits per heavy atom. The highest BCUT2D eigenvalue weighted by Gasteiger charge is 2.48. The zero-order chi connectivity index (χ0) is 11.9. The zero-order valence-electron chi connectivity index (χ0n) is 10.7. The van der Waals surface area contributed by atoms with Crippen LogP contribution in [0, 0.1) is 23.2 Å². The Balaban J connectivity index is 2.20. The molecule has 2 heteroatoms. The van der Waals surface area contributed by atoms with E-state index in [1.807, 2.05) is 0 Å². The fraction of sp³-hybridized carbons (Fsp3) is 1.00. The molecule has 2 rings (SSSR count). The van der Waals surface area contributed by atoms with Gasteiger partial charge < -0.3 is 5.11 Å². The third kappa shape index (κ3) is 2.13. The molecular weight excluding hydrogens is 203 g/mol. The standard InChI is InChI=1S/C14H25FO/c1-14(2,3)11-8-12(16)13(15)10-7-5-4-6-9(10)11/h9-13,16H,4-8H2,1-3H3. The Hall–Kier alpha value is -0.110. The normalized spacial score (nSPS) is 45.2. The third-order valence-corrected chi connectivity index (χ3v) is 4.78. The van der Waals surface area contributed by atoms with Crippen molar-refractivity contribution in [1.29, 1.82) is 0 Å². The van der Waals surface area contributed by atoms with Gasteiger partial charge in [0.15, 0.2) is 0 Å². The molecule has 0 radical (unpaired) electrons. The van der Waals surface area contributed by atoms with Crippen molar-refractivity contribution in [2.75, 3.05) is 0 Å². The molecule has 0 aromatic rings. The molecule has 5 unspecified atom stereocenters. The van der Waals surface area contributed by atoms with E-state index in [0.717, 1.165) is 12.8 Å². The largest absolute Gasteiger partial charge is 0.390 e. The summed E-state index contributed by atoms with van der Waals surface area (Å²) in [4.78, 5) is 0. The number of hydrogen-bond donors (Lipinski definition) is 1. The first-order chi connectivity index (χ1) is 7.41. The van der Waals surface area contributed by atoms with Crippen LogP contribution in [0.4, 0.5) is 4.39 Å². The van der Waals surface area contributed by atoms with Crippen molar-refractivity contribution in [3.63, 3.8) is 0 Å². The van der Waals surface area contributed by atoms with Gasteiger partial charge in [-0.2, -0.15) is 0 Å². The summed E-state index contributed by atoms with van der Waals surface area (Å²) in [6.45, 7) is 6.69. The summed E-state index contributed by atoms with van der Waals surface area (Å²) in [5.41, 5.74) is 0.196. The maximum absolute atomic E-state index is 14.0. The van der Waals surface area contributed by atoms with Gasteiger partial charge in [0.05, 0.1) is 6.10 Å². The number of fused-ring (bicyclic) bond motifs is 1. The maximum atomic E-state index is 14.0. The van der Waals surface area contributed by atoms with Gasteiger partial charge >= 0.3 is 0 Å². The topological polar surface area (TPSA) is 20.2 Å². The van der Waals surface area contributed by atoms with Gasteiger partial charge in [0.2, 0.25) is 0 Å². The van der Waals surface area contributed by atoms with E-state index in [1.165, 1.54) is 12.8 Å². The fourth-order valence-corrected chi connectivity index (χ4v) is 3.93. The summed E-state index contributed by atoms with van der Waals surface area (Å²) < 4.78 is 14.0. The maximum Gasteiger partial charge on any atom is 0.129 e. The van der Waals surface area contributed by atoms with Crippen LogP contribution in [0.15, 0.2) is 0 Å². The minimum atomic E-state index is -0.969. The summed E-state index contributed by atoms with van der Waals surface area (Å²) in [7, 11) is 0. The Labute approximate surface area is 98.4 Å². The molecular formula is C14H25FO. The van der Waals surface area contributed by atoms with Crippen LogP contribution < -0.4 is 0 Å². The molecule has 1 nitrogen and oxygen atoms in total. The van der Waals surface area contributed by atoms with E-state index >= 15 is 0 Å². The molecule has 0 amide bonds. The number of alkyl halides is 1. The second kappa shape index (κ2) is 4.29. The number of hydrogen-bond acceptors (Lipinski definition) is 1. The molecule has 94 valence electrons. The first-order valence-electron chi connectivity index (χ1n) is 6.73. The number of aliphatic hydroxyl groups excluding tert-OH is 1. The van der Waals surface area contributed by atoms with Crippen LogP contribution in [-0.4, -0.2) is 17.4 Å². The molecule has 0 aliphatic heterocycles. The van der Waals surface area contributed by atoms with Gasteiger partial charge in [0.25, 0.3) is 0 Å². The number of halogens is 1.